The maximum Gasteiger partial charge on any atom is 0.343 e. The summed E-state index contributed by atoms with van der Waals surface area (Å²) in [5.41, 5.74) is -0.400. The van der Waals surface area contributed by atoms with Crippen molar-refractivity contribution in [1.82, 2.24) is 9.55 Å². The molecule has 0 amide bonds. The monoisotopic (exact) mass is 368 g/mol. The first kappa shape index (κ1) is 17.4. The first-order valence-electron chi connectivity index (χ1n) is 6.04. The number of methoxy groups -OCH3 is 1. The lowest BCUT2D eigenvalue weighted by Crippen LogP contribution is -2.12. The Balaban J connectivity index is 2.41. The molecule has 0 aliphatic carbocycles. The Labute approximate surface area is 138 Å². The molecule has 0 fully saturated rings. The van der Waals surface area contributed by atoms with Gasteiger partial charge in [0.25, 0.3) is 0 Å². The zero-order valence-electron chi connectivity index (χ0n) is 11.5. The fourth-order valence-electron chi connectivity index (χ4n) is 1.68. The van der Waals surface area contributed by atoms with Gasteiger partial charge in [-0.2, -0.15) is 8.78 Å². The van der Waals surface area contributed by atoms with Crippen molar-refractivity contribution in [3.63, 3.8) is 0 Å². The lowest BCUT2D eigenvalue weighted by molar-refractivity contribution is -0.142. The van der Waals surface area contributed by atoms with E-state index in [1.807, 2.05) is 0 Å². The molecular weight excluding hydrogens is 360 g/mol. The smallest absolute Gasteiger partial charge is 0.343 e. The summed E-state index contributed by atoms with van der Waals surface area (Å²) in [6.07, 6.45) is 0.783. The molecule has 0 N–H and O–H groups in total. The molecule has 1 heterocycles. The summed E-state index contributed by atoms with van der Waals surface area (Å²) < 4.78 is 49.3. The molecule has 0 spiro atoms. The van der Waals surface area contributed by atoms with Crippen molar-refractivity contribution in [2.75, 3.05) is 13.7 Å². The Morgan fingerprint density at radius 2 is 2.09 bits per heavy atom. The molecule has 10 heteroatoms. The highest BCUT2D eigenvalue weighted by atomic mass is 35.5. The number of alkyl halides is 2. The van der Waals surface area contributed by atoms with E-state index in [1.165, 1.54) is 7.11 Å². The zero-order chi connectivity index (χ0) is 17.1. The number of carbonyl (C=O) groups excluding carboxylic acids is 1. The Morgan fingerprint density at radius 1 is 1.39 bits per heavy atom. The molecule has 1 aromatic heterocycles. The topological polar surface area (TPSA) is 53.4 Å². The number of imidazole rings is 1. The van der Waals surface area contributed by atoms with Gasteiger partial charge in [-0.05, 0) is 12.1 Å². The third-order valence-corrected chi connectivity index (χ3v) is 3.46. The molecule has 5 nitrogen and oxygen atoms in total. The minimum atomic E-state index is -2.92. The van der Waals surface area contributed by atoms with E-state index >= 15 is 0 Å². The van der Waals surface area contributed by atoms with Gasteiger partial charge >= 0.3 is 12.5 Å². The van der Waals surface area contributed by atoms with Crippen LogP contribution in [0.25, 0.3) is 11.3 Å². The summed E-state index contributed by atoms with van der Waals surface area (Å²) in [7, 11) is 1.17. The van der Waals surface area contributed by atoms with Crippen LogP contribution in [0.4, 0.5) is 13.2 Å². The number of carbonyl (C=O) groups is 1. The minimum absolute atomic E-state index is 0.0452. The van der Waals surface area contributed by atoms with Crippen molar-refractivity contribution < 1.29 is 27.4 Å². The van der Waals surface area contributed by atoms with Crippen molar-refractivity contribution >= 4 is 29.2 Å². The molecule has 124 valence electrons. The van der Waals surface area contributed by atoms with Gasteiger partial charge in [-0.15, -0.1) is 0 Å². The summed E-state index contributed by atoms with van der Waals surface area (Å²) in [5.74, 6) is -1.55. The summed E-state index contributed by atoms with van der Waals surface area (Å²) in [4.78, 5) is 14.7. The van der Waals surface area contributed by atoms with Crippen LogP contribution in [0.15, 0.2) is 18.5 Å². The first-order valence-corrected chi connectivity index (χ1v) is 6.80. The van der Waals surface area contributed by atoms with Crippen molar-refractivity contribution in [3.8, 4) is 17.0 Å². The van der Waals surface area contributed by atoms with Gasteiger partial charge in [-0.25, -0.2) is 14.2 Å². The predicted molar refractivity (Wildman–Crippen MR) is 76.4 cm³/mol. The molecule has 23 heavy (non-hydrogen) atoms. The fraction of sp³-hybridized carbons (Fsp3) is 0.231. The average molecular weight is 369 g/mol. The van der Waals surface area contributed by atoms with Gasteiger partial charge in [0, 0.05) is 5.56 Å². The van der Waals surface area contributed by atoms with Gasteiger partial charge in [0.1, 0.15) is 28.7 Å². The Hall–Kier alpha value is -1.93. The standard InChI is InChI=1S/C13H9Cl2F3N2O3/c1-22-10(21)4-23-9-2-6(8(16)3-7(9)14)11-12(15)20(5-19-11)13(17)18/h2-3,5,13H,4H2,1H3. The molecule has 1 aromatic carbocycles. The van der Waals surface area contributed by atoms with E-state index in [1.54, 1.807) is 0 Å². The molecule has 0 aliphatic heterocycles. The van der Waals surface area contributed by atoms with E-state index in [4.69, 9.17) is 27.9 Å². The van der Waals surface area contributed by atoms with Crippen LogP contribution in [-0.4, -0.2) is 29.2 Å². The number of aromatic nitrogens is 2. The van der Waals surface area contributed by atoms with E-state index in [2.05, 4.69) is 9.72 Å². The SMILES string of the molecule is COC(=O)COc1cc(-c2ncn(C(F)F)c2Cl)c(F)cc1Cl. The van der Waals surface area contributed by atoms with E-state index in [9.17, 15) is 18.0 Å². The molecule has 0 saturated carbocycles. The minimum Gasteiger partial charge on any atom is -0.480 e. The Morgan fingerprint density at radius 3 is 2.65 bits per heavy atom. The highest BCUT2D eigenvalue weighted by molar-refractivity contribution is 6.33. The van der Waals surface area contributed by atoms with Gasteiger partial charge in [-0.3, -0.25) is 4.57 Å². The van der Waals surface area contributed by atoms with Crippen LogP contribution in [0.1, 0.15) is 6.55 Å². The summed E-state index contributed by atoms with van der Waals surface area (Å²) in [6.45, 7) is -3.38. The van der Waals surface area contributed by atoms with Crippen molar-refractivity contribution in [2.45, 2.75) is 6.55 Å². The van der Waals surface area contributed by atoms with Crippen molar-refractivity contribution in [2.24, 2.45) is 0 Å². The van der Waals surface area contributed by atoms with Crippen molar-refractivity contribution in [3.05, 3.63) is 34.5 Å². The number of hydrogen-bond donors (Lipinski definition) is 0. The van der Waals surface area contributed by atoms with Crippen LogP contribution < -0.4 is 4.74 Å². The van der Waals surface area contributed by atoms with Gasteiger partial charge in [0.2, 0.25) is 0 Å². The van der Waals surface area contributed by atoms with Crippen LogP contribution in [-0.2, 0) is 9.53 Å². The molecule has 0 unspecified atom stereocenters. The lowest BCUT2D eigenvalue weighted by atomic mass is 10.1. The fourth-order valence-corrected chi connectivity index (χ4v) is 2.15. The molecule has 0 aliphatic rings. The van der Waals surface area contributed by atoms with E-state index in [-0.39, 0.29) is 22.0 Å². The van der Waals surface area contributed by atoms with Gasteiger partial charge in [0.15, 0.2) is 6.61 Å². The van der Waals surface area contributed by atoms with Gasteiger partial charge in [0.05, 0.1) is 12.1 Å². The summed E-state index contributed by atoms with van der Waals surface area (Å²) in [5, 5.41) is -0.556. The maximum absolute atomic E-state index is 14.0. The molecule has 0 bridgehead atoms. The van der Waals surface area contributed by atoms with Gasteiger partial charge < -0.3 is 9.47 Å². The number of benzene rings is 1. The molecule has 0 radical (unpaired) electrons. The maximum atomic E-state index is 14.0. The number of ether oxygens (including phenoxy) is 2. The highest BCUT2D eigenvalue weighted by Gasteiger charge is 2.21. The second kappa shape index (κ2) is 7.10. The van der Waals surface area contributed by atoms with Crippen LogP contribution in [0.5, 0.6) is 5.75 Å². The first-order chi connectivity index (χ1) is 10.8. The van der Waals surface area contributed by atoms with E-state index in [0.29, 0.717) is 4.57 Å². The molecule has 2 aromatic rings. The lowest BCUT2D eigenvalue weighted by Gasteiger charge is -2.10. The zero-order valence-corrected chi connectivity index (χ0v) is 13.0. The van der Waals surface area contributed by atoms with Crippen LogP contribution in [0, 0.1) is 5.82 Å². The number of halogens is 5. The molecule has 0 saturated heterocycles. The predicted octanol–water partition coefficient (Wildman–Crippen LogP) is 3.94. The molecule has 2 rings (SSSR count). The van der Waals surface area contributed by atoms with Gasteiger partial charge in [-0.1, -0.05) is 23.2 Å². The van der Waals surface area contributed by atoms with Crippen LogP contribution >= 0.6 is 23.2 Å². The van der Waals surface area contributed by atoms with Crippen LogP contribution in [0.2, 0.25) is 10.2 Å². The van der Waals surface area contributed by atoms with Crippen molar-refractivity contribution in [1.29, 1.82) is 0 Å². The number of esters is 1. The molecular formula is C13H9Cl2F3N2O3. The third-order valence-electron chi connectivity index (χ3n) is 2.79. The Kier molecular flexibility index (Phi) is 5.38. The normalized spacial score (nSPS) is 10.9. The van der Waals surface area contributed by atoms with E-state index < -0.39 is 30.1 Å². The summed E-state index contributed by atoms with van der Waals surface area (Å²) in [6, 6.07) is 2.02. The second-order valence-electron chi connectivity index (χ2n) is 4.20. The molecule has 0 atom stereocenters. The summed E-state index contributed by atoms with van der Waals surface area (Å²) >= 11 is 11.6. The quantitative estimate of drug-likeness (QED) is 0.750. The largest absolute Gasteiger partial charge is 0.480 e. The number of nitrogens with zero attached hydrogens (tertiary/aromatic N) is 2. The number of rotatable bonds is 5. The van der Waals surface area contributed by atoms with E-state index in [0.717, 1.165) is 18.5 Å². The average Bonchev–Trinajstić information content (AvgIpc) is 2.88. The second-order valence-corrected chi connectivity index (χ2v) is 4.96. The highest BCUT2D eigenvalue weighted by Crippen LogP contribution is 2.36. The third kappa shape index (κ3) is 3.70. The Bertz CT molecular complexity index is 737. The van der Waals surface area contributed by atoms with Crippen LogP contribution in [0.3, 0.4) is 0 Å². The number of hydrogen-bond acceptors (Lipinski definition) is 4.